The highest BCUT2D eigenvalue weighted by atomic mass is 28.4. The van der Waals surface area contributed by atoms with Crippen LogP contribution in [0.15, 0.2) is 41.5 Å². The minimum absolute atomic E-state index is 0.0402. The van der Waals surface area contributed by atoms with Gasteiger partial charge in [-0.05, 0) is 55.4 Å². The van der Waals surface area contributed by atoms with E-state index >= 15 is 0 Å². The van der Waals surface area contributed by atoms with Crippen molar-refractivity contribution in [2.75, 3.05) is 5.32 Å². The SMILES string of the molecule is CC1(C(=O)Nc2ccc(C#N)c(C(F)(F)F)c2)CC(c2cccc(F)c2O[Si](C)(C)C(C)(C)C)=NN1. The molecule has 1 unspecified atom stereocenters. The van der Waals surface area contributed by atoms with Gasteiger partial charge in [-0.3, -0.25) is 10.2 Å². The molecule has 2 aromatic carbocycles. The number of hydrazone groups is 1. The Morgan fingerprint density at radius 2 is 1.89 bits per heavy atom. The van der Waals surface area contributed by atoms with Crippen molar-refractivity contribution in [1.29, 1.82) is 5.26 Å². The van der Waals surface area contributed by atoms with Crippen molar-refractivity contribution in [2.45, 2.75) is 64.0 Å². The van der Waals surface area contributed by atoms with Crippen LogP contribution in [0.4, 0.5) is 23.2 Å². The number of benzene rings is 2. The van der Waals surface area contributed by atoms with Gasteiger partial charge in [0.2, 0.25) is 0 Å². The number of carbonyl (C=O) groups is 1. The lowest BCUT2D eigenvalue weighted by Gasteiger charge is -2.37. The molecule has 0 radical (unpaired) electrons. The van der Waals surface area contributed by atoms with Gasteiger partial charge in [0.25, 0.3) is 14.2 Å². The zero-order valence-electron chi connectivity index (χ0n) is 20.9. The number of para-hydroxylation sites is 1. The van der Waals surface area contributed by atoms with E-state index in [1.54, 1.807) is 13.0 Å². The molecule has 0 aromatic heterocycles. The molecule has 1 aliphatic rings. The third kappa shape index (κ3) is 5.38. The molecule has 2 aromatic rings. The summed E-state index contributed by atoms with van der Waals surface area (Å²) in [5.74, 6) is -1.12. The van der Waals surface area contributed by atoms with Crippen LogP contribution in [-0.2, 0) is 11.0 Å². The average molecular weight is 521 g/mol. The molecule has 0 saturated carbocycles. The molecule has 0 saturated heterocycles. The van der Waals surface area contributed by atoms with Crippen molar-refractivity contribution in [2.24, 2.45) is 5.10 Å². The molecule has 36 heavy (non-hydrogen) atoms. The van der Waals surface area contributed by atoms with E-state index in [1.807, 2.05) is 33.9 Å². The van der Waals surface area contributed by atoms with E-state index < -0.39 is 42.9 Å². The van der Waals surface area contributed by atoms with Crippen LogP contribution in [0.1, 0.15) is 50.8 Å². The third-order valence-electron chi connectivity index (χ3n) is 6.60. The molecule has 192 valence electrons. The smallest absolute Gasteiger partial charge is 0.417 e. The van der Waals surface area contributed by atoms with Gasteiger partial charge in [0.15, 0.2) is 5.82 Å². The normalized spacial score (nSPS) is 18.2. The second kappa shape index (κ2) is 9.24. The number of hydrogen-bond acceptors (Lipinski definition) is 5. The van der Waals surface area contributed by atoms with Crippen LogP contribution < -0.4 is 15.2 Å². The summed E-state index contributed by atoms with van der Waals surface area (Å²) in [5, 5.41) is 15.5. The zero-order valence-corrected chi connectivity index (χ0v) is 21.9. The number of nitrogens with one attached hydrogen (secondary N) is 2. The minimum Gasteiger partial charge on any atom is -0.541 e. The maximum atomic E-state index is 14.9. The van der Waals surface area contributed by atoms with Crippen LogP contribution in [-0.4, -0.2) is 25.5 Å². The first-order chi connectivity index (χ1) is 16.5. The van der Waals surface area contributed by atoms with E-state index in [9.17, 15) is 22.4 Å². The number of rotatable bonds is 5. The second-order valence-corrected chi connectivity index (χ2v) is 15.2. The lowest BCUT2D eigenvalue weighted by molar-refractivity contribution is -0.137. The van der Waals surface area contributed by atoms with Crippen LogP contribution in [0.3, 0.4) is 0 Å². The number of amides is 1. The predicted molar refractivity (Wildman–Crippen MR) is 132 cm³/mol. The third-order valence-corrected chi connectivity index (χ3v) is 10.9. The van der Waals surface area contributed by atoms with E-state index in [1.165, 1.54) is 24.3 Å². The van der Waals surface area contributed by atoms with Gasteiger partial charge in [0.1, 0.15) is 11.3 Å². The van der Waals surface area contributed by atoms with Crippen LogP contribution in [0.25, 0.3) is 0 Å². The lowest BCUT2D eigenvalue weighted by Crippen LogP contribution is -2.48. The van der Waals surface area contributed by atoms with Gasteiger partial charge in [-0.1, -0.05) is 26.8 Å². The number of alkyl halides is 3. The number of nitrogens with zero attached hydrogens (tertiary/aromatic N) is 2. The Hall–Kier alpha value is -3.39. The highest BCUT2D eigenvalue weighted by molar-refractivity contribution is 6.74. The molecule has 1 aliphatic heterocycles. The van der Waals surface area contributed by atoms with Gasteiger partial charge in [0.05, 0.1) is 22.9 Å². The number of carbonyl (C=O) groups excluding carboxylic acids is 1. The van der Waals surface area contributed by atoms with E-state index in [0.29, 0.717) is 17.3 Å². The Labute approximate surface area is 208 Å². The molecule has 3 rings (SSSR count). The summed E-state index contributed by atoms with van der Waals surface area (Å²) in [6, 6.07) is 8.92. The fourth-order valence-corrected chi connectivity index (χ4v) is 4.39. The molecule has 11 heteroatoms. The largest absolute Gasteiger partial charge is 0.541 e. The summed E-state index contributed by atoms with van der Waals surface area (Å²) in [6.45, 7) is 11.6. The van der Waals surface area contributed by atoms with E-state index in [0.717, 1.165) is 6.07 Å². The molecule has 0 bridgehead atoms. The first-order valence-electron chi connectivity index (χ1n) is 11.2. The van der Waals surface area contributed by atoms with E-state index in [2.05, 4.69) is 15.8 Å². The van der Waals surface area contributed by atoms with Gasteiger partial charge in [-0.15, -0.1) is 0 Å². The van der Waals surface area contributed by atoms with Gasteiger partial charge in [-0.2, -0.15) is 23.5 Å². The zero-order chi connectivity index (χ0) is 27.1. The molecule has 1 atom stereocenters. The number of anilines is 1. The highest BCUT2D eigenvalue weighted by Gasteiger charge is 2.43. The van der Waals surface area contributed by atoms with Crippen molar-refractivity contribution < 1.29 is 26.8 Å². The van der Waals surface area contributed by atoms with Gasteiger partial charge < -0.3 is 9.74 Å². The summed E-state index contributed by atoms with van der Waals surface area (Å²) in [7, 11) is -2.41. The molecule has 2 N–H and O–H groups in total. The number of halogens is 4. The van der Waals surface area contributed by atoms with E-state index in [-0.39, 0.29) is 22.9 Å². The molecule has 0 fully saturated rings. The van der Waals surface area contributed by atoms with Crippen molar-refractivity contribution >= 4 is 25.6 Å². The number of hydrogen-bond donors (Lipinski definition) is 2. The summed E-state index contributed by atoms with van der Waals surface area (Å²) in [5.41, 5.74) is 0.414. The Morgan fingerprint density at radius 1 is 1.22 bits per heavy atom. The first kappa shape index (κ1) is 27.2. The average Bonchev–Trinajstić information content (AvgIpc) is 3.17. The number of nitriles is 1. The molecule has 0 aliphatic carbocycles. The van der Waals surface area contributed by atoms with Crippen molar-refractivity contribution in [3.05, 3.63) is 58.9 Å². The van der Waals surface area contributed by atoms with Crippen molar-refractivity contribution in [3.8, 4) is 11.8 Å². The topological polar surface area (TPSA) is 86.5 Å². The van der Waals surface area contributed by atoms with Crippen LogP contribution in [0.5, 0.6) is 5.75 Å². The molecule has 1 amide bonds. The van der Waals surface area contributed by atoms with Gasteiger partial charge in [0, 0.05) is 17.7 Å². The molecule has 0 spiro atoms. The Balaban J connectivity index is 1.85. The Kier molecular flexibility index (Phi) is 6.98. The van der Waals surface area contributed by atoms with E-state index in [4.69, 9.17) is 9.69 Å². The van der Waals surface area contributed by atoms with Crippen molar-refractivity contribution in [1.82, 2.24) is 5.43 Å². The van der Waals surface area contributed by atoms with Crippen molar-refractivity contribution in [3.63, 3.8) is 0 Å². The fraction of sp³-hybridized carbons (Fsp3) is 0.400. The summed E-state index contributed by atoms with van der Waals surface area (Å²) >= 11 is 0. The fourth-order valence-electron chi connectivity index (χ4n) is 3.36. The standard InChI is InChI=1S/C25H28F4N4O2Si/c1-23(2,3)36(5,6)35-21-17(8-7-9-19(21)26)20-13-24(4,33-32-20)22(34)31-16-11-10-15(14-30)18(12-16)25(27,28)29/h7-12,33H,13H2,1-6H3,(H,31,34). The Bertz CT molecular complexity index is 1260. The van der Waals surface area contributed by atoms with Gasteiger partial charge >= 0.3 is 6.18 Å². The van der Waals surface area contributed by atoms with Crippen LogP contribution in [0.2, 0.25) is 18.1 Å². The second-order valence-electron chi connectivity index (χ2n) is 10.5. The summed E-state index contributed by atoms with van der Waals surface area (Å²) in [6.07, 6.45) is -4.71. The molecular formula is C25H28F4N4O2Si. The molecular weight excluding hydrogens is 492 g/mol. The van der Waals surface area contributed by atoms with Crippen LogP contribution in [0, 0.1) is 17.1 Å². The first-order valence-corrected chi connectivity index (χ1v) is 14.1. The monoisotopic (exact) mass is 520 g/mol. The van der Waals surface area contributed by atoms with Crippen LogP contribution >= 0.6 is 0 Å². The molecule has 6 nitrogen and oxygen atoms in total. The Morgan fingerprint density at radius 3 is 2.47 bits per heavy atom. The minimum atomic E-state index is -4.75. The summed E-state index contributed by atoms with van der Waals surface area (Å²) in [4.78, 5) is 13.0. The maximum Gasteiger partial charge on any atom is 0.417 e. The summed E-state index contributed by atoms with van der Waals surface area (Å²) < 4.78 is 61.0. The maximum absolute atomic E-state index is 14.9. The molecule has 1 heterocycles. The predicted octanol–water partition coefficient (Wildman–Crippen LogP) is 6.19. The lowest BCUT2D eigenvalue weighted by atomic mass is 9.92. The highest BCUT2D eigenvalue weighted by Crippen LogP contribution is 2.40. The van der Waals surface area contributed by atoms with Gasteiger partial charge in [-0.25, -0.2) is 4.39 Å². The quantitative estimate of drug-likeness (QED) is 0.363.